The molecule has 3 unspecified atom stereocenters. The maximum Gasteiger partial charge on any atom is 0.145 e. The third-order valence-corrected chi connectivity index (χ3v) is 4.63. The monoisotopic (exact) mass is 244 g/mol. The fourth-order valence-corrected chi connectivity index (χ4v) is 3.64. The third kappa shape index (κ3) is 1.87. The first-order chi connectivity index (χ1) is 8.81. The van der Waals surface area contributed by atoms with Gasteiger partial charge in [-0.05, 0) is 49.8 Å². The molecule has 2 N–H and O–H groups in total. The van der Waals surface area contributed by atoms with Crippen LogP contribution in [-0.2, 0) is 11.2 Å². The van der Waals surface area contributed by atoms with Gasteiger partial charge in [0.05, 0.1) is 11.6 Å². The molecule has 3 heteroatoms. The van der Waals surface area contributed by atoms with Gasteiger partial charge in [0.2, 0.25) is 0 Å². The van der Waals surface area contributed by atoms with Crippen LogP contribution in [0.15, 0.2) is 18.3 Å². The van der Waals surface area contributed by atoms with Crippen molar-refractivity contribution in [3.05, 3.63) is 29.6 Å². The number of nitrogens with zero attached hydrogens (tertiary/aromatic N) is 1. The van der Waals surface area contributed by atoms with Crippen LogP contribution in [0.3, 0.4) is 0 Å². The van der Waals surface area contributed by atoms with Gasteiger partial charge in [-0.15, -0.1) is 0 Å². The first-order valence-corrected chi connectivity index (χ1v) is 6.99. The molecule has 2 aliphatic rings. The highest BCUT2D eigenvalue weighted by molar-refractivity contribution is 5.89. The smallest absolute Gasteiger partial charge is 0.145 e. The Morgan fingerprint density at radius 1 is 1.39 bits per heavy atom. The van der Waals surface area contributed by atoms with E-state index in [0.717, 1.165) is 37.8 Å². The van der Waals surface area contributed by atoms with Crippen LogP contribution in [-0.4, -0.2) is 17.3 Å². The van der Waals surface area contributed by atoms with E-state index >= 15 is 0 Å². The minimum absolute atomic E-state index is 0.0401. The Hall–Kier alpha value is -1.22. The van der Waals surface area contributed by atoms with Crippen molar-refractivity contribution in [3.8, 4) is 0 Å². The van der Waals surface area contributed by atoms with Gasteiger partial charge in [-0.25, -0.2) is 0 Å². The number of hydrogen-bond acceptors (Lipinski definition) is 3. The molecule has 1 aromatic heterocycles. The van der Waals surface area contributed by atoms with Gasteiger partial charge in [-0.3, -0.25) is 9.78 Å². The summed E-state index contributed by atoms with van der Waals surface area (Å²) in [5, 5.41) is 0. The molecule has 1 saturated carbocycles. The fourth-order valence-electron chi connectivity index (χ4n) is 3.64. The summed E-state index contributed by atoms with van der Waals surface area (Å²) in [6, 6.07) is 4.06. The first-order valence-electron chi connectivity index (χ1n) is 6.99. The number of fused-ring (bicyclic) bond motifs is 1. The summed E-state index contributed by atoms with van der Waals surface area (Å²) in [5.41, 5.74) is 8.08. The molecule has 3 rings (SSSR count). The van der Waals surface area contributed by atoms with E-state index < -0.39 is 0 Å². The van der Waals surface area contributed by atoms with Crippen LogP contribution in [0.2, 0.25) is 0 Å². The van der Waals surface area contributed by atoms with Gasteiger partial charge >= 0.3 is 0 Å². The lowest BCUT2D eigenvalue weighted by Crippen LogP contribution is -2.28. The van der Waals surface area contributed by atoms with Crippen LogP contribution in [0.25, 0.3) is 0 Å². The highest BCUT2D eigenvalue weighted by Gasteiger charge is 2.39. The molecular weight excluding hydrogens is 224 g/mol. The van der Waals surface area contributed by atoms with Gasteiger partial charge in [-0.2, -0.15) is 0 Å². The van der Waals surface area contributed by atoms with Crippen LogP contribution >= 0.6 is 0 Å². The van der Waals surface area contributed by atoms with Gasteiger partial charge in [0.15, 0.2) is 0 Å². The Morgan fingerprint density at radius 3 is 3.11 bits per heavy atom. The number of carbonyl (C=O) groups excluding carboxylic acids is 1. The molecule has 18 heavy (non-hydrogen) atoms. The summed E-state index contributed by atoms with van der Waals surface area (Å²) in [4.78, 5) is 17.1. The third-order valence-electron chi connectivity index (χ3n) is 4.63. The number of rotatable bonds is 3. The number of hydrogen-bond donors (Lipinski definition) is 1. The molecule has 0 saturated heterocycles. The number of nitrogens with two attached hydrogens (primary N) is 1. The second-order valence-corrected chi connectivity index (χ2v) is 5.57. The standard InChI is InChI=1S/C15H20N2O/c16-9-11-3-1-5-12(11)15(18)13-7-6-10-4-2-8-17-14(10)13/h2,4,8,11-13H,1,3,5-7,9,16H2. The van der Waals surface area contributed by atoms with Crippen molar-refractivity contribution >= 4 is 5.78 Å². The van der Waals surface area contributed by atoms with Crippen molar-refractivity contribution in [2.24, 2.45) is 17.6 Å². The molecule has 0 bridgehead atoms. The molecule has 0 aliphatic heterocycles. The lowest BCUT2D eigenvalue weighted by Gasteiger charge is -2.20. The maximum absolute atomic E-state index is 12.7. The quantitative estimate of drug-likeness (QED) is 0.885. The van der Waals surface area contributed by atoms with Crippen LogP contribution in [0, 0.1) is 11.8 Å². The van der Waals surface area contributed by atoms with E-state index in [0.29, 0.717) is 18.2 Å². The number of aromatic nitrogens is 1. The number of aryl methyl sites for hydroxylation is 1. The summed E-state index contributed by atoms with van der Waals surface area (Å²) >= 11 is 0. The van der Waals surface area contributed by atoms with Crippen molar-refractivity contribution in [2.75, 3.05) is 6.54 Å². The van der Waals surface area contributed by atoms with Gasteiger partial charge in [-0.1, -0.05) is 12.5 Å². The molecule has 1 aromatic rings. The van der Waals surface area contributed by atoms with Crippen molar-refractivity contribution in [1.29, 1.82) is 0 Å². The molecule has 0 amide bonds. The van der Waals surface area contributed by atoms with E-state index in [4.69, 9.17) is 5.73 Å². The Balaban J connectivity index is 1.82. The molecule has 1 fully saturated rings. The van der Waals surface area contributed by atoms with E-state index in [1.807, 2.05) is 6.07 Å². The van der Waals surface area contributed by atoms with Gasteiger partial charge in [0.1, 0.15) is 5.78 Å². The summed E-state index contributed by atoms with van der Waals surface area (Å²) in [5.74, 6) is 1.04. The van der Waals surface area contributed by atoms with Crippen molar-refractivity contribution < 1.29 is 4.79 Å². The van der Waals surface area contributed by atoms with E-state index in [-0.39, 0.29) is 11.8 Å². The minimum Gasteiger partial charge on any atom is -0.330 e. The van der Waals surface area contributed by atoms with Crippen LogP contribution in [0.4, 0.5) is 0 Å². The van der Waals surface area contributed by atoms with Crippen molar-refractivity contribution in [1.82, 2.24) is 4.98 Å². The molecule has 2 aliphatic carbocycles. The lowest BCUT2D eigenvalue weighted by molar-refractivity contribution is -0.125. The maximum atomic E-state index is 12.7. The number of carbonyl (C=O) groups is 1. The molecule has 96 valence electrons. The molecule has 3 atom stereocenters. The SMILES string of the molecule is NCC1CCCC1C(=O)C1CCc2cccnc21. The molecule has 0 spiro atoms. The lowest BCUT2D eigenvalue weighted by atomic mass is 9.84. The summed E-state index contributed by atoms with van der Waals surface area (Å²) in [7, 11) is 0. The zero-order valence-corrected chi connectivity index (χ0v) is 10.6. The number of ketones is 1. The predicted octanol–water partition coefficient (Wildman–Crippen LogP) is 2.06. The van der Waals surface area contributed by atoms with Crippen LogP contribution < -0.4 is 5.73 Å². The van der Waals surface area contributed by atoms with E-state index in [1.54, 1.807) is 6.20 Å². The molecule has 0 aromatic carbocycles. The molecule has 1 heterocycles. The largest absolute Gasteiger partial charge is 0.330 e. The molecule has 0 radical (unpaired) electrons. The highest BCUT2D eigenvalue weighted by Crippen LogP contribution is 2.40. The molecule has 3 nitrogen and oxygen atoms in total. The van der Waals surface area contributed by atoms with Gasteiger partial charge < -0.3 is 5.73 Å². The average Bonchev–Trinajstić information content (AvgIpc) is 3.04. The summed E-state index contributed by atoms with van der Waals surface area (Å²) < 4.78 is 0. The Kier molecular flexibility index (Phi) is 3.16. The normalized spacial score (nSPS) is 30.4. The Labute approximate surface area is 108 Å². The summed E-state index contributed by atoms with van der Waals surface area (Å²) in [6.07, 6.45) is 7.05. The zero-order valence-electron chi connectivity index (χ0n) is 10.6. The number of pyridine rings is 1. The first kappa shape index (κ1) is 11.8. The van der Waals surface area contributed by atoms with E-state index in [2.05, 4.69) is 11.1 Å². The second-order valence-electron chi connectivity index (χ2n) is 5.57. The second kappa shape index (κ2) is 4.81. The van der Waals surface area contributed by atoms with E-state index in [9.17, 15) is 4.79 Å². The zero-order chi connectivity index (χ0) is 12.5. The number of Topliss-reactive ketones (excluding diaryl/α,β-unsaturated/α-hetero) is 1. The van der Waals surface area contributed by atoms with E-state index in [1.165, 1.54) is 5.56 Å². The minimum atomic E-state index is 0.0401. The Bertz CT molecular complexity index is 458. The van der Waals surface area contributed by atoms with Crippen LogP contribution in [0.5, 0.6) is 0 Å². The topological polar surface area (TPSA) is 56.0 Å². The fraction of sp³-hybridized carbons (Fsp3) is 0.600. The Morgan fingerprint density at radius 2 is 2.28 bits per heavy atom. The van der Waals surface area contributed by atoms with Crippen LogP contribution in [0.1, 0.15) is 42.9 Å². The predicted molar refractivity (Wildman–Crippen MR) is 70.2 cm³/mol. The highest BCUT2D eigenvalue weighted by atomic mass is 16.1. The molecular formula is C15H20N2O. The van der Waals surface area contributed by atoms with Crippen molar-refractivity contribution in [2.45, 2.75) is 38.0 Å². The van der Waals surface area contributed by atoms with Crippen molar-refractivity contribution in [3.63, 3.8) is 0 Å². The average molecular weight is 244 g/mol. The van der Waals surface area contributed by atoms with Gasteiger partial charge in [0, 0.05) is 12.1 Å². The summed E-state index contributed by atoms with van der Waals surface area (Å²) in [6.45, 7) is 0.651. The van der Waals surface area contributed by atoms with Gasteiger partial charge in [0.25, 0.3) is 0 Å².